The van der Waals surface area contributed by atoms with Crippen molar-refractivity contribution >= 4 is 23.2 Å². The lowest BCUT2D eigenvalue weighted by molar-refractivity contribution is 0.0330. The number of aliphatic imine (C=N–C) groups is 1. The summed E-state index contributed by atoms with van der Waals surface area (Å²) in [4.78, 5) is 3.95. The summed E-state index contributed by atoms with van der Waals surface area (Å²) >= 11 is 4.62. The SMILES string of the molecule is CC(C)(C)c1cc(N=C=S)nn1CC1CC(O)C1. The molecule has 0 aliphatic heterocycles. The van der Waals surface area contributed by atoms with Crippen LogP contribution in [-0.4, -0.2) is 26.2 Å². The molecule has 4 nitrogen and oxygen atoms in total. The molecule has 0 radical (unpaired) electrons. The normalized spacial score (nSPS) is 23.3. The van der Waals surface area contributed by atoms with Crippen LogP contribution in [0.1, 0.15) is 39.3 Å². The Bertz CT molecular complexity index is 477. The van der Waals surface area contributed by atoms with Crippen LogP contribution in [0.5, 0.6) is 0 Å². The predicted molar refractivity (Wildman–Crippen MR) is 74.3 cm³/mol. The van der Waals surface area contributed by atoms with Crippen molar-refractivity contribution < 1.29 is 5.11 Å². The molecule has 5 heteroatoms. The monoisotopic (exact) mass is 265 g/mol. The molecular formula is C13H19N3OS. The molecule has 1 aliphatic carbocycles. The average molecular weight is 265 g/mol. The first-order valence-electron chi connectivity index (χ1n) is 6.24. The minimum absolute atomic E-state index is 0.0184. The van der Waals surface area contributed by atoms with Gasteiger partial charge in [-0.2, -0.15) is 10.1 Å². The van der Waals surface area contributed by atoms with Crippen LogP contribution in [0.2, 0.25) is 0 Å². The topological polar surface area (TPSA) is 50.4 Å². The van der Waals surface area contributed by atoms with Gasteiger partial charge in [-0.15, -0.1) is 0 Å². The van der Waals surface area contributed by atoms with E-state index in [9.17, 15) is 5.11 Å². The number of isothiocyanates is 1. The average Bonchev–Trinajstić information content (AvgIpc) is 2.59. The quantitative estimate of drug-likeness (QED) is 0.675. The Morgan fingerprint density at radius 1 is 1.56 bits per heavy atom. The highest BCUT2D eigenvalue weighted by Crippen LogP contribution is 2.32. The maximum atomic E-state index is 9.34. The molecule has 0 amide bonds. The Hall–Kier alpha value is -1.03. The van der Waals surface area contributed by atoms with Crippen LogP contribution in [0.25, 0.3) is 0 Å². The molecule has 0 unspecified atom stereocenters. The smallest absolute Gasteiger partial charge is 0.184 e. The molecule has 1 aromatic heterocycles. The fraction of sp³-hybridized carbons (Fsp3) is 0.692. The van der Waals surface area contributed by atoms with Gasteiger partial charge in [-0.1, -0.05) is 20.8 Å². The summed E-state index contributed by atoms with van der Waals surface area (Å²) in [7, 11) is 0. The Kier molecular flexibility index (Phi) is 3.66. The van der Waals surface area contributed by atoms with Crippen LogP contribution in [0.15, 0.2) is 11.1 Å². The number of hydrogen-bond donors (Lipinski definition) is 1. The van der Waals surface area contributed by atoms with Crippen LogP contribution >= 0.6 is 12.2 Å². The van der Waals surface area contributed by atoms with E-state index in [0.29, 0.717) is 11.7 Å². The van der Waals surface area contributed by atoms with Crippen molar-refractivity contribution in [3.05, 3.63) is 11.8 Å². The second-order valence-corrected chi connectivity index (χ2v) is 6.20. The predicted octanol–water partition coefficient (Wildman–Crippen LogP) is 2.69. The fourth-order valence-electron chi connectivity index (χ4n) is 2.34. The molecule has 18 heavy (non-hydrogen) atoms. The highest BCUT2D eigenvalue weighted by Gasteiger charge is 2.30. The van der Waals surface area contributed by atoms with Gasteiger partial charge in [0.05, 0.1) is 11.3 Å². The van der Waals surface area contributed by atoms with Gasteiger partial charge in [0, 0.05) is 23.7 Å². The molecule has 1 saturated carbocycles. The third-order valence-corrected chi connectivity index (χ3v) is 3.43. The molecule has 0 bridgehead atoms. The lowest BCUT2D eigenvalue weighted by atomic mass is 9.82. The molecule has 0 spiro atoms. The van der Waals surface area contributed by atoms with Crippen LogP contribution < -0.4 is 0 Å². The summed E-state index contributed by atoms with van der Waals surface area (Å²) < 4.78 is 2.00. The van der Waals surface area contributed by atoms with Gasteiger partial charge < -0.3 is 5.11 Å². The third-order valence-electron chi connectivity index (χ3n) is 3.34. The standard InChI is InChI=1S/C13H19N3OS/c1-13(2,3)11-6-12(14-8-18)15-16(11)7-9-4-10(17)5-9/h6,9-10,17H,4-5,7H2,1-3H3. The van der Waals surface area contributed by atoms with Gasteiger partial charge in [0.15, 0.2) is 5.82 Å². The summed E-state index contributed by atoms with van der Waals surface area (Å²) in [6, 6.07) is 1.97. The first kappa shape index (κ1) is 13.4. The molecule has 1 N–H and O–H groups in total. The highest BCUT2D eigenvalue weighted by molar-refractivity contribution is 7.78. The molecule has 1 fully saturated rings. The van der Waals surface area contributed by atoms with Gasteiger partial charge in [-0.25, -0.2) is 0 Å². The number of rotatable bonds is 3. The molecule has 0 aromatic carbocycles. The number of thiocarbonyl (C=S) groups is 1. The van der Waals surface area contributed by atoms with Gasteiger partial charge in [0.25, 0.3) is 0 Å². The molecular weight excluding hydrogens is 246 g/mol. The zero-order valence-electron chi connectivity index (χ0n) is 11.1. The number of aliphatic hydroxyl groups excluding tert-OH is 1. The molecule has 0 atom stereocenters. The van der Waals surface area contributed by atoms with E-state index in [-0.39, 0.29) is 11.5 Å². The lowest BCUT2D eigenvalue weighted by Crippen LogP contribution is -2.33. The molecule has 2 rings (SSSR count). The van der Waals surface area contributed by atoms with Gasteiger partial charge in [-0.05, 0) is 31.0 Å². The Balaban J connectivity index is 2.23. The van der Waals surface area contributed by atoms with Gasteiger partial charge >= 0.3 is 0 Å². The van der Waals surface area contributed by atoms with Crippen molar-refractivity contribution in [3.8, 4) is 0 Å². The number of aliphatic hydroxyl groups is 1. The van der Waals surface area contributed by atoms with E-state index in [4.69, 9.17) is 0 Å². The Morgan fingerprint density at radius 3 is 2.72 bits per heavy atom. The zero-order valence-corrected chi connectivity index (χ0v) is 11.9. The van der Waals surface area contributed by atoms with Crippen molar-refractivity contribution in [2.24, 2.45) is 10.9 Å². The van der Waals surface area contributed by atoms with Crippen molar-refractivity contribution in [2.45, 2.75) is 51.7 Å². The Labute approximate surface area is 113 Å². The van der Waals surface area contributed by atoms with E-state index in [1.165, 1.54) is 0 Å². The summed E-state index contributed by atoms with van der Waals surface area (Å²) in [6.45, 7) is 7.31. The van der Waals surface area contributed by atoms with Crippen LogP contribution in [0.4, 0.5) is 5.82 Å². The van der Waals surface area contributed by atoms with Gasteiger partial charge in [0.1, 0.15) is 0 Å². The van der Waals surface area contributed by atoms with Crippen LogP contribution in [0, 0.1) is 5.92 Å². The van der Waals surface area contributed by atoms with E-state index in [1.807, 2.05) is 10.7 Å². The first-order valence-corrected chi connectivity index (χ1v) is 6.65. The minimum Gasteiger partial charge on any atom is -0.393 e. The molecule has 98 valence electrons. The van der Waals surface area contributed by atoms with E-state index in [2.05, 4.69) is 48.2 Å². The maximum absolute atomic E-state index is 9.34. The van der Waals surface area contributed by atoms with Crippen LogP contribution in [-0.2, 0) is 12.0 Å². The summed E-state index contributed by atoms with van der Waals surface area (Å²) in [5.41, 5.74) is 1.16. The molecule has 1 aromatic rings. The number of hydrogen-bond acceptors (Lipinski definition) is 4. The van der Waals surface area contributed by atoms with Crippen molar-refractivity contribution in [1.82, 2.24) is 9.78 Å². The van der Waals surface area contributed by atoms with Crippen LogP contribution in [0.3, 0.4) is 0 Å². The highest BCUT2D eigenvalue weighted by atomic mass is 32.1. The van der Waals surface area contributed by atoms with Crippen molar-refractivity contribution in [1.29, 1.82) is 0 Å². The van der Waals surface area contributed by atoms with E-state index < -0.39 is 0 Å². The second-order valence-electron chi connectivity index (χ2n) is 6.01. The summed E-state index contributed by atoms with van der Waals surface area (Å²) in [5.74, 6) is 1.14. The lowest BCUT2D eigenvalue weighted by Gasteiger charge is -2.32. The fourth-order valence-corrected chi connectivity index (χ4v) is 2.44. The third kappa shape index (κ3) is 2.86. The summed E-state index contributed by atoms with van der Waals surface area (Å²) in [6.07, 6.45) is 1.62. The number of nitrogens with zero attached hydrogens (tertiary/aromatic N) is 3. The maximum Gasteiger partial charge on any atom is 0.184 e. The van der Waals surface area contributed by atoms with Crippen molar-refractivity contribution in [2.75, 3.05) is 0 Å². The van der Waals surface area contributed by atoms with E-state index >= 15 is 0 Å². The Morgan fingerprint density at radius 2 is 2.22 bits per heavy atom. The first-order chi connectivity index (χ1) is 8.40. The molecule has 1 aliphatic rings. The second kappa shape index (κ2) is 4.92. The van der Waals surface area contributed by atoms with Crippen molar-refractivity contribution in [3.63, 3.8) is 0 Å². The van der Waals surface area contributed by atoms with Gasteiger partial charge in [0.2, 0.25) is 0 Å². The number of aromatic nitrogens is 2. The summed E-state index contributed by atoms with van der Waals surface area (Å²) in [5, 5.41) is 16.2. The van der Waals surface area contributed by atoms with Gasteiger partial charge in [-0.3, -0.25) is 4.68 Å². The van der Waals surface area contributed by atoms with E-state index in [0.717, 1.165) is 25.1 Å². The molecule has 0 saturated heterocycles. The largest absolute Gasteiger partial charge is 0.393 e. The zero-order chi connectivity index (χ0) is 13.3. The molecule has 1 heterocycles. The van der Waals surface area contributed by atoms with E-state index in [1.54, 1.807) is 0 Å². The minimum atomic E-state index is -0.123.